The van der Waals surface area contributed by atoms with E-state index in [4.69, 9.17) is 0 Å². The lowest BCUT2D eigenvalue weighted by Gasteiger charge is -2.03. The molecule has 0 fully saturated rings. The van der Waals surface area contributed by atoms with Crippen LogP contribution in [-0.2, 0) is 0 Å². The first-order chi connectivity index (χ1) is 5.66. The number of aromatic hydroxyl groups is 1. The number of benzene rings is 1. The minimum Gasteiger partial charge on any atom is -0.507 e. The van der Waals surface area contributed by atoms with E-state index in [1.165, 1.54) is 12.1 Å². The van der Waals surface area contributed by atoms with Gasteiger partial charge >= 0.3 is 0 Å². The van der Waals surface area contributed by atoms with Crippen LogP contribution in [0.5, 0.6) is 5.75 Å². The van der Waals surface area contributed by atoms with Gasteiger partial charge in [0.15, 0.2) is 5.78 Å². The SMILES string of the molecule is C=CC(=O)c1c(C)cccc1O. The fourth-order valence-electron chi connectivity index (χ4n) is 1.07. The van der Waals surface area contributed by atoms with Crippen molar-refractivity contribution in [2.24, 2.45) is 0 Å². The number of hydrogen-bond donors (Lipinski definition) is 1. The molecule has 0 unspecified atom stereocenters. The van der Waals surface area contributed by atoms with Crippen molar-refractivity contribution in [2.45, 2.75) is 6.92 Å². The maximum Gasteiger partial charge on any atom is 0.189 e. The zero-order valence-corrected chi connectivity index (χ0v) is 6.87. The monoisotopic (exact) mass is 162 g/mol. The molecule has 2 nitrogen and oxygen atoms in total. The van der Waals surface area contributed by atoms with Crippen LogP contribution in [0.25, 0.3) is 0 Å². The molecule has 2 heteroatoms. The van der Waals surface area contributed by atoms with Crippen molar-refractivity contribution >= 4 is 5.78 Å². The number of carbonyl (C=O) groups is 1. The summed E-state index contributed by atoms with van der Waals surface area (Å²) >= 11 is 0. The zero-order chi connectivity index (χ0) is 9.14. The Labute approximate surface area is 71.2 Å². The number of allylic oxidation sites excluding steroid dienone is 1. The lowest BCUT2D eigenvalue weighted by atomic mass is 10.0. The van der Waals surface area contributed by atoms with Crippen molar-refractivity contribution in [3.8, 4) is 5.75 Å². The summed E-state index contributed by atoms with van der Waals surface area (Å²) in [5, 5.41) is 9.32. The average Bonchev–Trinajstić information content (AvgIpc) is 2.03. The minimum absolute atomic E-state index is 0.0138. The molecule has 1 N–H and O–H groups in total. The highest BCUT2D eigenvalue weighted by Gasteiger charge is 2.09. The van der Waals surface area contributed by atoms with Crippen molar-refractivity contribution in [1.82, 2.24) is 0 Å². The standard InChI is InChI=1S/C10H10O2/c1-3-8(11)10-7(2)5-4-6-9(10)12/h3-6,12H,1H2,2H3. The fraction of sp³-hybridized carbons (Fsp3) is 0.100. The molecule has 0 aliphatic carbocycles. The predicted octanol–water partition coefficient (Wildman–Crippen LogP) is 2.07. The van der Waals surface area contributed by atoms with Gasteiger partial charge in [-0.3, -0.25) is 4.79 Å². The first-order valence-electron chi connectivity index (χ1n) is 3.62. The van der Waals surface area contributed by atoms with Gasteiger partial charge in [0.1, 0.15) is 5.75 Å². The van der Waals surface area contributed by atoms with E-state index >= 15 is 0 Å². The van der Waals surface area contributed by atoms with Gasteiger partial charge < -0.3 is 5.11 Å². The molecule has 0 aliphatic rings. The third-order valence-electron chi connectivity index (χ3n) is 1.68. The number of hydrogen-bond acceptors (Lipinski definition) is 2. The third kappa shape index (κ3) is 1.37. The minimum atomic E-state index is -0.245. The highest BCUT2D eigenvalue weighted by molar-refractivity contribution is 6.07. The number of ketones is 1. The number of phenolic OH excluding ortho intramolecular Hbond substituents is 1. The van der Waals surface area contributed by atoms with Crippen LogP contribution in [-0.4, -0.2) is 10.9 Å². The molecule has 0 saturated carbocycles. The van der Waals surface area contributed by atoms with Crippen LogP contribution in [0.15, 0.2) is 30.9 Å². The van der Waals surface area contributed by atoms with Crippen molar-refractivity contribution < 1.29 is 9.90 Å². The van der Waals surface area contributed by atoms with E-state index in [-0.39, 0.29) is 11.5 Å². The number of rotatable bonds is 2. The summed E-state index contributed by atoms with van der Waals surface area (Å²) in [5.74, 6) is -0.231. The second kappa shape index (κ2) is 3.22. The molecule has 62 valence electrons. The molecule has 0 radical (unpaired) electrons. The molecule has 0 saturated heterocycles. The van der Waals surface area contributed by atoms with E-state index in [0.29, 0.717) is 5.56 Å². The smallest absolute Gasteiger partial charge is 0.189 e. The molecule has 0 aromatic heterocycles. The van der Waals surface area contributed by atoms with Gasteiger partial charge in [-0.25, -0.2) is 0 Å². The van der Waals surface area contributed by atoms with Crippen molar-refractivity contribution in [3.63, 3.8) is 0 Å². The van der Waals surface area contributed by atoms with Crippen molar-refractivity contribution in [3.05, 3.63) is 42.0 Å². The summed E-state index contributed by atoms with van der Waals surface area (Å²) in [6.07, 6.45) is 1.20. The molecule has 1 rings (SSSR count). The van der Waals surface area contributed by atoms with Gasteiger partial charge in [0.2, 0.25) is 0 Å². The molecule has 0 amide bonds. The largest absolute Gasteiger partial charge is 0.507 e. The van der Waals surface area contributed by atoms with E-state index in [9.17, 15) is 9.90 Å². The summed E-state index contributed by atoms with van der Waals surface area (Å²) in [4.78, 5) is 11.2. The molecule has 0 atom stereocenters. The van der Waals surface area contributed by atoms with E-state index in [1.807, 2.05) is 0 Å². The molecule has 12 heavy (non-hydrogen) atoms. The van der Waals surface area contributed by atoms with Gasteiger partial charge in [-0.2, -0.15) is 0 Å². The first-order valence-corrected chi connectivity index (χ1v) is 3.62. The first kappa shape index (κ1) is 8.53. The number of aryl methyl sites for hydroxylation is 1. The number of phenols is 1. The Morgan fingerprint density at radius 2 is 2.25 bits per heavy atom. The maximum atomic E-state index is 11.2. The molecule has 0 heterocycles. The quantitative estimate of drug-likeness (QED) is 0.534. The van der Waals surface area contributed by atoms with Crippen LogP contribution in [0.2, 0.25) is 0 Å². The normalized spacial score (nSPS) is 9.42. The van der Waals surface area contributed by atoms with Gasteiger partial charge in [0, 0.05) is 0 Å². The van der Waals surface area contributed by atoms with Crippen LogP contribution in [0.1, 0.15) is 15.9 Å². The second-order valence-electron chi connectivity index (χ2n) is 2.54. The van der Waals surface area contributed by atoms with Crippen LogP contribution in [0.3, 0.4) is 0 Å². The predicted molar refractivity (Wildman–Crippen MR) is 47.4 cm³/mol. The summed E-state index contributed by atoms with van der Waals surface area (Å²) in [6.45, 7) is 5.13. The molecule has 0 spiro atoms. The molecular formula is C10H10O2. The average molecular weight is 162 g/mol. The van der Waals surface area contributed by atoms with Crippen molar-refractivity contribution in [2.75, 3.05) is 0 Å². The highest BCUT2D eigenvalue weighted by atomic mass is 16.3. The van der Waals surface area contributed by atoms with Crippen molar-refractivity contribution in [1.29, 1.82) is 0 Å². The van der Waals surface area contributed by atoms with Crippen LogP contribution in [0, 0.1) is 6.92 Å². The summed E-state index contributed by atoms with van der Waals surface area (Å²) in [5.41, 5.74) is 1.10. The lowest BCUT2D eigenvalue weighted by molar-refractivity contribution is 0.104. The van der Waals surface area contributed by atoms with E-state index in [1.54, 1.807) is 19.1 Å². The molecule has 1 aromatic carbocycles. The molecule has 0 aliphatic heterocycles. The molecular weight excluding hydrogens is 152 g/mol. The van der Waals surface area contributed by atoms with Crippen LogP contribution >= 0.6 is 0 Å². The van der Waals surface area contributed by atoms with Crippen LogP contribution < -0.4 is 0 Å². The van der Waals surface area contributed by atoms with E-state index in [0.717, 1.165) is 5.56 Å². The van der Waals surface area contributed by atoms with E-state index < -0.39 is 0 Å². The molecule has 0 bridgehead atoms. The molecule has 1 aromatic rings. The Bertz CT molecular complexity index is 306. The topological polar surface area (TPSA) is 37.3 Å². The summed E-state index contributed by atoms with van der Waals surface area (Å²) in [7, 11) is 0. The van der Waals surface area contributed by atoms with Crippen LogP contribution in [0.4, 0.5) is 0 Å². The van der Waals surface area contributed by atoms with Gasteiger partial charge in [0.25, 0.3) is 0 Å². The Morgan fingerprint density at radius 1 is 1.58 bits per heavy atom. The lowest BCUT2D eigenvalue weighted by Crippen LogP contribution is -1.97. The van der Waals surface area contributed by atoms with Gasteiger partial charge in [-0.1, -0.05) is 18.7 Å². The summed E-state index contributed by atoms with van der Waals surface area (Å²) < 4.78 is 0. The third-order valence-corrected chi connectivity index (χ3v) is 1.68. The van der Waals surface area contributed by atoms with Gasteiger partial charge in [-0.15, -0.1) is 0 Å². The Hall–Kier alpha value is -1.57. The Balaban J connectivity index is 3.30. The maximum absolute atomic E-state index is 11.2. The zero-order valence-electron chi connectivity index (χ0n) is 6.87. The Morgan fingerprint density at radius 3 is 2.75 bits per heavy atom. The van der Waals surface area contributed by atoms with Gasteiger partial charge in [-0.05, 0) is 24.6 Å². The van der Waals surface area contributed by atoms with E-state index in [2.05, 4.69) is 6.58 Å². The Kier molecular flexibility index (Phi) is 2.29. The van der Waals surface area contributed by atoms with Gasteiger partial charge in [0.05, 0.1) is 5.56 Å². The summed E-state index contributed by atoms with van der Waals surface area (Å²) in [6, 6.07) is 4.96. The fourth-order valence-corrected chi connectivity index (χ4v) is 1.07. The highest BCUT2D eigenvalue weighted by Crippen LogP contribution is 2.20. The second-order valence-corrected chi connectivity index (χ2v) is 2.54. The number of carbonyl (C=O) groups excluding carboxylic acids is 1.